The van der Waals surface area contributed by atoms with Gasteiger partial charge in [-0.3, -0.25) is 14.5 Å². The minimum absolute atomic E-state index is 0.109. The molecule has 2 fully saturated rings. The number of para-hydroxylation sites is 1. The minimum atomic E-state index is 0.109. The van der Waals surface area contributed by atoms with Crippen molar-refractivity contribution in [3.05, 3.63) is 48.3 Å². The Morgan fingerprint density at radius 3 is 2.59 bits per heavy atom. The van der Waals surface area contributed by atoms with Gasteiger partial charge in [0.05, 0.1) is 17.8 Å². The lowest BCUT2D eigenvalue weighted by molar-refractivity contribution is -0.129. The third kappa shape index (κ3) is 4.58. The number of pyridine rings is 1. The molecule has 0 radical (unpaired) electrons. The van der Waals surface area contributed by atoms with Crippen LogP contribution in [0.25, 0.3) is 21.9 Å². The highest BCUT2D eigenvalue weighted by Gasteiger charge is 2.34. The zero-order valence-electron chi connectivity index (χ0n) is 21.8. The lowest BCUT2D eigenvalue weighted by Crippen LogP contribution is -2.48. The molecule has 1 aliphatic carbocycles. The summed E-state index contributed by atoms with van der Waals surface area (Å²) in [5.74, 6) is 2.16. The summed E-state index contributed by atoms with van der Waals surface area (Å²) in [7, 11) is 0. The van der Waals surface area contributed by atoms with Gasteiger partial charge in [0.1, 0.15) is 11.0 Å². The van der Waals surface area contributed by atoms with Crippen LogP contribution in [0.2, 0.25) is 0 Å². The topological polar surface area (TPSA) is 92.1 Å². The minimum Gasteiger partial charge on any atom is -0.361 e. The number of piperazine rings is 1. The second-order valence-corrected chi connectivity index (χ2v) is 10.4. The van der Waals surface area contributed by atoms with Gasteiger partial charge in [-0.25, -0.2) is 4.98 Å². The van der Waals surface area contributed by atoms with Crippen molar-refractivity contribution in [2.24, 2.45) is 5.92 Å². The maximum absolute atomic E-state index is 11.8. The van der Waals surface area contributed by atoms with Crippen molar-refractivity contribution in [1.82, 2.24) is 29.6 Å². The molecule has 37 heavy (non-hydrogen) atoms. The Morgan fingerprint density at radius 1 is 1.08 bits per heavy atom. The van der Waals surface area contributed by atoms with Gasteiger partial charge in [0.25, 0.3) is 0 Å². The molecule has 9 nitrogen and oxygen atoms in total. The quantitative estimate of drug-likeness (QED) is 0.399. The van der Waals surface area contributed by atoms with E-state index in [9.17, 15) is 4.79 Å². The van der Waals surface area contributed by atoms with Gasteiger partial charge in [0, 0.05) is 50.7 Å². The van der Waals surface area contributed by atoms with Gasteiger partial charge in [-0.2, -0.15) is 10.1 Å². The van der Waals surface area contributed by atoms with Crippen LogP contribution in [0.1, 0.15) is 57.7 Å². The molecule has 1 amide bonds. The molecule has 4 aromatic rings. The number of fused-ring (bicyclic) bond motifs is 2. The Labute approximate surface area is 216 Å². The first-order valence-electron chi connectivity index (χ1n) is 13.4. The van der Waals surface area contributed by atoms with Crippen molar-refractivity contribution in [3.8, 4) is 0 Å². The van der Waals surface area contributed by atoms with E-state index in [2.05, 4.69) is 53.0 Å². The smallest absolute Gasteiger partial charge is 0.228 e. The molecular weight excluding hydrogens is 464 g/mol. The molecule has 3 aromatic heterocycles. The molecular formula is C28H34N8O. The second kappa shape index (κ2) is 9.61. The molecule has 1 saturated heterocycles. The lowest BCUT2D eigenvalue weighted by atomic mass is 10.0. The number of hydrogen-bond acceptors (Lipinski definition) is 7. The van der Waals surface area contributed by atoms with Gasteiger partial charge in [-0.15, -0.1) is 0 Å². The predicted octanol–water partition coefficient (Wildman–Crippen LogP) is 4.58. The Kier molecular flexibility index (Phi) is 6.14. The van der Waals surface area contributed by atoms with Crippen LogP contribution in [0, 0.1) is 5.92 Å². The fourth-order valence-electron chi connectivity index (χ4n) is 5.23. The van der Waals surface area contributed by atoms with Crippen LogP contribution in [0.15, 0.2) is 42.7 Å². The summed E-state index contributed by atoms with van der Waals surface area (Å²) in [6, 6.07) is 10.8. The normalized spacial score (nSPS) is 17.8. The van der Waals surface area contributed by atoms with Crippen molar-refractivity contribution in [2.45, 2.75) is 52.1 Å². The third-order valence-electron chi connectivity index (χ3n) is 7.81. The summed E-state index contributed by atoms with van der Waals surface area (Å²) in [5.41, 5.74) is 3.97. The monoisotopic (exact) mass is 498 g/mol. The highest BCUT2D eigenvalue weighted by Crippen LogP contribution is 2.44. The van der Waals surface area contributed by atoms with Crippen LogP contribution >= 0.6 is 0 Å². The number of rotatable bonds is 7. The summed E-state index contributed by atoms with van der Waals surface area (Å²) in [6.45, 7) is 8.76. The highest BCUT2D eigenvalue weighted by molar-refractivity contribution is 5.87. The zero-order valence-corrected chi connectivity index (χ0v) is 21.8. The number of carbonyl (C=O) groups excluding carboxylic acids is 1. The van der Waals surface area contributed by atoms with Crippen LogP contribution in [0.4, 0.5) is 11.8 Å². The molecule has 192 valence electrons. The van der Waals surface area contributed by atoms with Gasteiger partial charge >= 0.3 is 0 Å². The molecule has 9 heteroatoms. The molecule has 4 heterocycles. The Bertz CT molecular complexity index is 1440. The summed E-state index contributed by atoms with van der Waals surface area (Å²) in [4.78, 5) is 30.6. The van der Waals surface area contributed by atoms with E-state index in [-0.39, 0.29) is 18.0 Å². The molecule has 2 aliphatic rings. The summed E-state index contributed by atoms with van der Waals surface area (Å²) >= 11 is 0. The average molecular weight is 499 g/mol. The molecule has 1 N–H and O–H groups in total. The Hall–Kier alpha value is -3.75. The average Bonchev–Trinajstić information content (AvgIpc) is 3.68. The number of carbonyl (C=O) groups is 1. The molecule has 1 aromatic carbocycles. The SMILES string of the molecule is CCC(C)n1ncc2nc(N3CCN(C(C)=O)CC3)nc(N[C@@H](c3cnc4ccccc4c3)C3CC3)c21. The van der Waals surface area contributed by atoms with Crippen molar-refractivity contribution in [1.29, 1.82) is 0 Å². The van der Waals surface area contributed by atoms with Gasteiger partial charge in [0.2, 0.25) is 11.9 Å². The molecule has 0 bridgehead atoms. The number of nitrogens with one attached hydrogen (secondary N) is 1. The van der Waals surface area contributed by atoms with E-state index < -0.39 is 0 Å². The van der Waals surface area contributed by atoms with Crippen molar-refractivity contribution >= 4 is 39.6 Å². The largest absolute Gasteiger partial charge is 0.361 e. The van der Waals surface area contributed by atoms with Gasteiger partial charge in [-0.1, -0.05) is 25.1 Å². The van der Waals surface area contributed by atoms with E-state index >= 15 is 0 Å². The van der Waals surface area contributed by atoms with Gasteiger partial charge < -0.3 is 15.1 Å². The standard InChI is InChI=1S/C28H34N8O/c1-4-18(2)36-26-24(17-30-36)31-28(35-13-11-34(12-14-35)19(3)37)33-27(26)32-25(20-9-10-20)22-15-21-7-5-6-8-23(21)29-16-22/h5-8,15-18,20,25H,4,9-14H2,1-3H3,(H,31,32,33)/t18?,25-/m1/s1. The number of nitrogens with zero attached hydrogens (tertiary/aromatic N) is 7. The summed E-state index contributed by atoms with van der Waals surface area (Å²) < 4.78 is 2.05. The van der Waals surface area contributed by atoms with E-state index in [0.717, 1.165) is 34.2 Å². The third-order valence-corrected chi connectivity index (χ3v) is 7.81. The highest BCUT2D eigenvalue weighted by atomic mass is 16.2. The van der Waals surface area contributed by atoms with E-state index in [4.69, 9.17) is 20.1 Å². The lowest BCUT2D eigenvalue weighted by Gasteiger charge is -2.34. The van der Waals surface area contributed by atoms with E-state index in [0.29, 0.717) is 38.0 Å². The van der Waals surface area contributed by atoms with E-state index in [1.165, 1.54) is 18.4 Å². The fourth-order valence-corrected chi connectivity index (χ4v) is 5.23. The van der Waals surface area contributed by atoms with Crippen LogP contribution in [-0.2, 0) is 4.79 Å². The second-order valence-electron chi connectivity index (χ2n) is 10.4. The number of aromatic nitrogens is 5. The maximum Gasteiger partial charge on any atom is 0.228 e. The first-order chi connectivity index (χ1) is 18.0. The fraction of sp³-hybridized carbons (Fsp3) is 0.464. The molecule has 1 aliphatic heterocycles. The molecule has 6 rings (SSSR count). The zero-order chi connectivity index (χ0) is 25.5. The maximum atomic E-state index is 11.8. The number of amides is 1. The first-order valence-corrected chi connectivity index (χ1v) is 13.4. The van der Waals surface area contributed by atoms with E-state index in [1.807, 2.05) is 23.4 Å². The summed E-state index contributed by atoms with van der Waals surface area (Å²) in [5, 5.41) is 9.70. The molecule has 2 atom stereocenters. The van der Waals surface area contributed by atoms with Crippen LogP contribution < -0.4 is 10.2 Å². The molecule has 1 saturated carbocycles. The Balaban J connectivity index is 1.40. The van der Waals surface area contributed by atoms with Crippen molar-refractivity contribution < 1.29 is 4.79 Å². The Morgan fingerprint density at radius 2 is 1.86 bits per heavy atom. The number of anilines is 2. The van der Waals surface area contributed by atoms with Gasteiger partial charge in [-0.05, 0) is 49.8 Å². The van der Waals surface area contributed by atoms with Gasteiger partial charge in [0.15, 0.2) is 5.82 Å². The van der Waals surface area contributed by atoms with E-state index in [1.54, 1.807) is 6.92 Å². The molecule has 0 spiro atoms. The van der Waals surface area contributed by atoms with Crippen molar-refractivity contribution in [2.75, 3.05) is 36.4 Å². The summed E-state index contributed by atoms with van der Waals surface area (Å²) in [6.07, 6.45) is 7.19. The predicted molar refractivity (Wildman–Crippen MR) is 146 cm³/mol. The van der Waals surface area contributed by atoms with Crippen LogP contribution in [0.3, 0.4) is 0 Å². The van der Waals surface area contributed by atoms with Crippen LogP contribution in [0.5, 0.6) is 0 Å². The number of benzene rings is 1. The first kappa shape index (κ1) is 23.6. The van der Waals surface area contributed by atoms with Crippen molar-refractivity contribution in [3.63, 3.8) is 0 Å². The number of hydrogen-bond donors (Lipinski definition) is 1. The molecule has 1 unspecified atom stereocenters. The van der Waals surface area contributed by atoms with Crippen LogP contribution in [-0.4, -0.2) is 61.7 Å².